The van der Waals surface area contributed by atoms with Crippen molar-refractivity contribution >= 4 is 22.9 Å². The fraction of sp³-hybridized carbons (Fsp3) is 0.750. The summed E-state index contributed by atoms with van der Waals surface area (Å²) in [7, 11) is 0. The van der Waals surface area contributed by atoms with Gasteiger partial charge in [0.25, 0.3) is 0 Å². The lowest BCUT2D eigenvalue weighted by Gasteiger charge is -2.33. The van der Waals surface area contributed by atoms with Gasteiger partial charge in [-0.3, -0.25) is 0 Å². The highest BCUT2D eigenvalue weighted by atomic mass is 35.5. The first-order chi connectivity index (χ1) is 7.68. The first-order valence-corrected chi connectivity index (χ1v) is 7.18. The number of aromatic nitrogens is 1. The van der Waals surface area contributed by atoms with Crippen LogP contribution in [-0.2, 0) is 6.54 Å². The average Bonchev–Trinajstić information content (AvgIpc) is 2.65. The van der Waals surface area contributed by atoms with E-state index in [1.54, 1.807) is 17.5 Å². The monoisotopic (exact) mass is 258 g/mol. The standard InChI is InChI=1S/C12H19ClN2S/c1-12(5-3-2-4-6-12)9-14-8-11-15-7-10(13)16-11/h7,14H,2-6,8-9H2,1H3. The molecule has 1 saturated carbocycles. The minimum absolute atomic E-state index is 0.499. The molecule has 0 bridgehead atoms. The van der Waals surface area contributed by atoms with Crippen LogP contribution in [0.5, 0.6) is 0 Å². The van der Waals surface area contributed by atoms with Crippen molar-refractivity contribution in [2.75, 3.05) is 6.54 Å². The number of hydrogen-bond acceptors (Lipinski definition) is 3. The summed E-state index contributed by atoms with van der Waals surface area (Å²) in [4.78, 5) is 4.25. The Hall–Kier alpha value is -0.120. The average molecular weight is 259 g/mol. The van der Waals surface area contributed by atoms with E-state index in [4.69, 9.17) is 11.6 Å². The Morgan fingerprint density at radius 2 is 2.19 bits per heavy atom. The molecule has 2 rings (SSSR count). The topological polar surface area (TPSA) is 24.9 Å². The summed E-state index contributed by atoms with van der Waals surface area (Å²) in [5.74, 6) is 0. The molecule has 4 heteroatoms. The van der Waals surface area contributed by atoms with E-state index in [0.717, 1.165) is 22.4 Å². The van der Waals surface area contributed by atoms with Gasteiger partial charge >= 0.3 is 0 Å². The van der Waals surface area contributed by atoms with Gasteiger partial charge in [-0.1, -0.05) is 37.8 Å². The van der Waals surface area contributed by atoms with Gasteiger partial charge in [-0.15, -0.1) is 11.3 Å². The van der Waals surface area contributed by atoms with Crippen molar-refractivity contribution in [2.24, 2.45) is 5.41 Å². The number of thiazole rings is 1. The zero-order valence-corrected chi connectivity index (χ0v) is 11.3. The Bertz CT molecular complexity index is 332. The van der Waals surface area contributed by atoms with Gasteiger partial charge in [0, 0.05) is 13.1 Å². The van der Waals surface area contributed by atoms with Crippen molar-refractivity contribution < 1.29 is 0 Å². The van der Waals surface area contributed by atoms with Crippen LogP contribution in [-0.4, -0.2) is 11.5 Å². The molecule has 0 aromatic carbocycles. The minimum Gasteiger partial charge on any atom is -0.310 e. The number of nitrogens with zero attached hydrogens (tertiary/aromatic N) is 1. The van der Waals surface area contributed by atoms with Gasteiger partial charge < -0.3 is 5.32 Å². The van der Waals surface area contributed by atoms with Crippen molar-refractivity contribution in [1.29, 1.82) is 0 Å². The summed E-state index contributed by atoms with van der Waals surface area (Å²) in [5.41, 5.74) is 0.499. The van der Waals surface area contributed by atoms with Crippen molar-refractivity contribution in [3.8, 4) is 0 Å². The van der Waals surface area contributed by atoms with Crippen LogP contribution in [0.2, 0.25) is 4.34 Å². The van der Waals surface area contributed by atoms with Crippen LogP contribution >= 0.6 is 22.9 Å². The van der Waals surface area contributed by atoms with E-state index in [1.807, 2.05) is 0 Å². The van der Waals surface area contributed by atoms with Gasteiger partial charge in [-0.05, 0) is 18.3 Å². The number of nitrogens with one attached hydrogen (secondary N) is 1. The molecule has 2 nitrogen and oxygen atoms in total. The van der Waals surface area contributed by atoms with Crippen molar-refractivity contribution in [2.45, 2.75) is 45.6 Å². The molecule has 1 aliphatic carbocycles. The molecule has 0 saturated heterocycles. The summed E-state index contributed by atoms with van der Waals surface area (Å²) in [5, 5.41) is 4.60. The van der Waals surface area contributed by atoms with E-state index in [0.29, 0.717) is 5.41 Å². The molecule has 1 aliphatic rings. The van der Waals surface area contributed by atoms with Crippen LogP contribution in [0.15, 0.2) is 6.20 Å². The van der Waals surface area contributed by atoms with Crippen LogP contribution in [0.1, 0.15) is 44.0 Å². The Balaban J connectivity index is 1.74. The molecule has 0 radical (unpaired) electrons. The molecule has 0 atom stereocenters. The predicted octanol–water partition coefficient (Wildman–Crippen LogP) is 3.86. The zero-order chi connectivity index (χ0) is 11.4. The summed E-state index contributed by atoms with van der Waals surface area (Å²) in [6.45, 7) is 4.35. The fourth-order valence-corrected chi connectivity index (χ4v) is 3.35. The van der Waals surface area contributed by atoms with Crippen molar-refractivity contribution in [3.63, 3.8) is 0 Å². The summed E-state index contributed by atoms with van der Waals surface area (Å²) < 4.78 is 0.778. The number of hydrogen-bond donors (Lipinski definition) is 1. The van der Waals surface area contributed by atoms with E-state index in [-0.39, 0.29) is 0 Å². The van der Waals surface area contributed by atoms with E-state index >= 15 is 0 Å². The van der Waals surface area contributed by atoms with Crippen LogP contribution < -0.4 is 5.32 Å². The molecular formula is C12H19ClN2S. The maximum atomic E-state index is 5.84. The van der Waals surface area contributed by atoms with Crippen LogP contribution in [0.4, 0.5) is 0 Å². The first-order valence-electron chi connectivity index (χ1n) is 5.99. The summed E-state index contributed by atoms with van der Waals surface area (Å²) in [6.07, 6.45) is 8.64. The lowest BCUT2D eigenvalue weighted by molar-refractivity contribution is 0.207. The Kier molecular flexibility index (Phi) is 4.22. The third-order valence-corrected chi connectivity index (χ3v) is 4.53. The summed E-state index contributed by atoms with van der Waals surface area (Å²) >= 11 is 7.41. The van der Waals surface area contributed by atoms with Gasteiger partial charge in [0.2, 0.25) is 0 Å². The third kappa shape index (κ3) is 3.44. The quantitative estimate of drug-likeness (QED) is 0.887. The maximum absolute atomic E-state index is 5.84. The molecule has 1 fully saturated rings. The number of halogens is 1. The largest absolute Gasteiger partial charge is 0.310 e. The molecule has 0 spiro atoms. The second-order valence-corrected chi connectivity index (χ2v) is 6.78. The second kappa shape index (κ2) is 5.48. The summed E-state index contributed by atoms with van der Waals surface area (Å²) in [6, 6.07) is 0. The van der Waals surface area contributed by atoms with Crippen molar-refractivity contribution in [3.05, 3.63) is 15.5 Å². The highest BCUT2D eigenvalue weighted by molar-refractivity contribution is 7.15. The first kappa shape index (κ1) is 12.3. The lowest BCUT2D eigenvalue weighted by Crippen LogP contribution is -2.33. The normalized spacial score (nSPS) is 19.9. The smallest absolute Gasteiger partial charge is 0.113 e. The van der Waals surface area contributed by atoms with Crippen molar-refractivity contribution in [1.82, 2.24) is 10.3 Å². The van der Waals surface area contributed by atoms with E-state index in [2.05, 4.69) is 17.2 Å². The molecule has 0 amide bonds. The fourth-order valence-electron chi connectivity index (χ4n) is 2.42. The molecular weight excluding hydrogens is 240 g/mol. The molecule has 90 valence electrons. The second-order valence-electron chi connectivity index (χ2n) is 5.03. The van der Waals surface area contributed by atoms with Crippen LogP contribution in [0.3, 0.4) is 0 Å². The third-order valence-electron chi connectivity index (χ3n) is 3.41. The highest BCUT2D eigenvalue weighted by Gasteiger charge is 2.26. The van der Waals surface area contributed by atoms with Crippen LogP contribution in [0.25, 0.3) is 0 Å². The highest BCUT2D eigenvalue weighted by Crippen LogP contribution is 2.35. The van der Waals surface area contributed by atoms with Gasteiger partial charge in [0.1, 0.15) is 9.34 Å². The zero-order valence-electron chi connectivity index (χ0n) is 9.76. The van der Waals surface area contributed by atoms with Crippen LogP contribution in [0, 0.1) is 5.41 Å². The van der Waals surface area contributed by atoms with E-state index < -0.39 is 0 Å². The van der Waals surface area contributed by atoms with E-state index in [9.17, 15) is 0 Å². The maximum Gasteiger partial charge on any atom is 0.113 e. The number of rotatable bonds is 4. The SMILES string of the molecule is CC1(CNCc2ncc(Cl)s2)CCCCC1. The van der Waals surface area contributed by atoms with E-state index in [1.165, 1.54) is 32.1 Å². The molecule has 1 heterocycles. The predicted molar refractivity (Wildman–Crippen MR) is 70.0 cm³/mol. The molecule has 1 aromatic heterocycles. The van der Waals surface area contributed by atoms with Gasteiger partial charge in [-0.2, -0.15) is 0 Å². The van der Waals surface area contributed by atoms with Gasteiger partial charge in [0.05, 0.1) is 6.20 Å². The molecule has 1 aromatic rings. The molecule has 1 N–H and O–H groups in total. The Morgan fingerprint density at radius 1 is 1.44 bits per heavy atom. The lowest BCUT2D eigenvalue weighted by atomic mass is 9.76. The van der Waals surface area contributed by atoms with Gasteiger partial charge in [-0.25, -0.2) is 4.98 Å². The molecule has 0 aliphatic heterocycles. The minimum atomic E-state index is 0.499. The van der Waals surface area contributed by atoms with Gasteiger partial charge in [0.15, 0.2) is 0 Å². The molecule has 0 unspecified atom stereocenters. The Labute approximate surface area is 106 Å². The Morgan fingerprint density at radius 3 is 2.81 bits per heavy atom. The molecule has 16 heavy (non-hydrogen) atoms.